The average Bonchev–Trinajstić information content (AvgIpc) is 3.12. The molecule has 0 aliphatic heterocycles. The molecule has 0 saturated heterocycles. The Morgan fingerprint density at radius 3 is 2.47 bits per heavy atom. The molecule has 1 unspecified atom stereocenters. The standard InChI is InChI=1S/C18H24F3N5O2S.HI/c1-4-22-16(23-9-13-11-29-17(25-13)26(2)3)24-10-15(27)12-5-7-14(8-6-12)28-18(19,20)21;/h5-8,11,15,27H,4,9-10H2,1-3H3,(H2,22,23,24);1H. The minimum absolute atomic E-state index is 0. The normalized spacial score (nSPS) is 12.7. The van der Waals surface area contributed by atoms with Gasteiger partial charge in [0, 0.05) is 32.6 Å². The molecule has 12 heteroatoms. The van der Waals surface area contributed by atoms with Gasteiger partial charge in [0.1, 0.15) is 5.75 Å². The number of thiazole rings is 1. The number of aliphatic imine (C=N–C) groups is 1. The summed E-state index contributed by atoms with van der Waals surface area (Å²) in [6.07, 6.45) is -5.68. The Labute approximate surface area is 194 Å². The molecule has 0 amide bonds. The zero-order chi connectivity index (χ0) is 21.4. The number of guanidine groups is 1. The molecule has 0 radical (unpaired) electrons. The summed E-state index contributed by atoms with van der Waals surface area (Å²) in [5, 5.41) is 19.2. The maximum absolute atomic E-state index is 12.2. The number of rotatable bonds is 8. The molecule has 30 heavy (non-hydrogen) atoms. The Balaban J connectivity index is 0.00000450. The Hall–Kier alpha value is -1.80. The first-order chi connectivity index (χ1) is 13.7. The van der Waals surface area contributed by atoms with Gasteiger partial charge in [0.2, 0.25) is 0 Å². The lowest BCUT2D eigenvalue weighted by molar-refractivity contribution is -0.274. The van der Waals surface area contributed by atoms with Gasteiger partial charge < -0.3 is 25.4 Å². The number of hydrogen-bond donors (Lipinski definition) is 3. The largest absolute Gasteiger partial charge is 0.573 e. The van der Waals surface area contributed by atoms with E-state index in [4.69, 9.17) is 0 Å². The smallest absolute Gasteiger partial charge is 0.406 e. The van der Waals surface area contributed by atoms with Crippen molar-refractivity contribution in [1.82, 2.24) is 15.6 Å². The zero-order valence-electron chi connectivity index (χ0n) is 16.7. The Kier molecular flexibility index (Phi) is 10.6. The summed E-state index contributed by atoms with van der Waals surface area (Å²) in [5.41, 5.74) is 1.29. The topological polar surface area (TPSA) is 82.0 Å². The molecule has 0 aliphatic carbocycles. The van der Waals surface area contributed by atoms with Gasteiger partial charge in [-0.15, -0.1) is 48.5 Å². The number of halogens is 4. The number of aliphatic hydroxyl groups excluding tert-OH is 1. The molecule has 0 spiro atoms. The van der Waals surface area contributed by atoms with Crippen molar-refractivity contribution >= 4 is 46.4 Å². The number of aromatic nitrogens is 1. The molecular formula is C18H25F3IN5O2S. The molecule has 3 N–H and O–H groups in total. The molecule has 1 atom stereocenters. The van der Waals surface area contributed by atoms with Crippen LogP contribution >= 0.6 is 35.3 Å². The first kappa shape index (κ1) is 26.2. The fourth-order valence-electron chi connectivity index (χ4n) is 2.28. The highest BCUT2D eigenvalue weighted by molar-refractivity contribution is 14.0. The van der Waals surface area contributed by atoms with Crippen LogP contribution in [0.25, 0.3) is 0 Å². The Morgan fingerprint density at radius 1 is 1.27 bits per heavy atom. The van der Waals surface area contributed by atoms with Crippen LogP contribution in [0.4, 0.5) is 18.3 Å². The number of aliphatic hydroxyl groups is 1. The van der Waals surface area contributed by atoms with Gasteiger partial charge in [0.15, 0.2) is 11.1 Å². The molecule has 2 rings (SSSR count). The van der Waals surface area contributed by atoms with Gasteiger partial charge >= 0.3 is 6.36 Å². The van der Waals surface area contributed by atoms with Crippen LogP contribution in [0.15, 0.2) is 34.6 Å². The molecule has 1 aromatic carbocycles. The summed E-state index contributed by atoms with van der Waals surface area (Å²) in [5.74, 6) is 0.166. The quantitative estimate of drug-likeness (QED) is 0.261. The van der Waals surface area contributed by atoms with E-state index in [9.17, 15) is 18.3 Å². The van der Waals surface area contributed by atoms with E-state index in [-0.39, 0.29) is 36.3 Å². The van der Waals surface area contributed by atoms with E-state index in [0.29, 0.717) is 24.6 Å². The van der Waals surface area contributed by atoms with Crippen LogP contribution in [0, 0.1) is 0 Å². The maximum atomic E-state index is 12.2. The third kappa shape index (κ3) is 8.92. The second-order valence-corrected chi connectivity index (χ2v) is 7.06. The van der Waals surface area contributed by atoms with Crippen molar-refractivity contribution in [2.24, 2.45) is 4.99 Å². The summed E-state index contributed by atoms with van der Waals surface area (Å²) in [4.78, 5) is 10.8. The lowest BCUT2D eigenvalue weighted by Crippen LogP contribution is -2.39. The van der Waals surface area contributed by atoms with E-state index in [2.05, 4.69) is 25.3 Å². The molecule has 0 aliphatic rings. The zero-order valence-corrected chi connectivity index (χ0v) is 19.9. The summed E-state index contributed by atoms with van der Waals surface area (Å²) in [6, 6.07) is 5.09. The fraction of sp³-hybridized carbons (Fsp3) is 0.444. The molecule has 0 bridgehead atoms. The number of nitrogens with one attached hydrogen (secondary N) is 2. The molecule has 2 aromatic rings. The molecule has 7 nitrogen and oxygen atoms in total. The van der Waals surface area contributed by atoms with Gasteiger partial charge in [0.05, 0.1) is 18.3 Å². The maximum Gasteiger partial charge on any atom is 0.573 e. The first-order valence-corrected chi connectivity index (χ1v) is 9.73. The third-order valence-corrected chi connectivity index (χ3v) is 4.68. The SMILES string of the molecule is CCNC(=NCc1csc(N(C)C)n1)NCC(O)c1ccc(OC(F)(F)F)cc1.I. The Bertz CT molecular complexity index is 800. The lowest BCUT2D eigenvalue weighted by atomic mass is 10.1. The lowest BCUT2D eigenvalue weighted by Gasteiger charge is -2.16. The van der Waals surface area contributed by atoms with Crippen molar-refractivity contribution in [1.29, 1.82) is 0 Å². The molecule has 168 valence electrons. The van der Waals surface area contributed by atoms with Crippen LogP contribution in [-0.2, 0) is 6.54 Å². The number of benzene rings is 1. The van der Waals surface area contributed by atoms with Crippen molar-refractivity contribution < 1.29 is 23.0 Å². The minimum Gasteiger partial charge on any atom is -0.406 e. The summed E-state index contributed by atoms with van der Waals surface area (Å²) < 4.78 is 40.5. The number of ether oxygens (including phenoxy) is 1. The van der Waals surface area contributed by atoms with E-state index in [1.54, 1.807) is 0 Å². The molecule has 0 fully saturated rings. The highest BCUT2D eigenvalue weighted by atomic mass is 127. The number of nitrogens with zero attached hydrogens (tertiary/aromatic N) is 3. The van der Waals surface area contributed by atoms with E-state index >= 15 is 0 Å². The molecular weight excluding hydrogens is 534 g/mol. The summed E-state index contributed by atoms with van der Waals surface area (Å²) in [7, 11) is 3.83. The van der Waals surface area contributed by atoms with E-state index in [1.807, 2.05) is 31.3 Å². The van der Waals surface area contributed by atoms with Crippen molar-refractivity contribution in [3.8, 4) is 5.75 Å². The number of hydrogen-bond acceptors (Lipinski definition) is 6. The van der Waals surface area contributed by atoms with Crippen molar-refractivity contribution in [3.05, 3.63) is 40.9 Å². The second kappa shape index (κ2) is 12.2. The second-order valence-electron chi connectivity index (χ2n) is 6.22. The molecule has 0 saturated carbocycles. The van der Waals surface area contributed by atoms with Crippen molar-refractivity contribution in [2.75, 3.05) is 32.1 Å². The summed E-state index contributed by atoms with van der Waals surface area (Å²) >= 11 is 1.53. The van der Waals surface area contributed by atoms with Gasteiger partial charge in [-0.2, -0.15) is 0 Å². The molecule has 1 heterocycles. The first-order valence-electron chi connectivity index (χ1n) is 8.85. The average molecular weight is 559 g/mol. The van der Waals surface area contributed by atoms with Gasteiger partial charge in [-0.25, -0.2) is 9.98 Å². The van der Waals surface area contributed by atoms with E-state index < -0.39 is 12.5 Å². The number of alkyl halides is 3. The van der Waals surface area contributed by atoms with Gasteiger partial charge in [-0.3, -0.25) is 0 Å². The van der Waals surface area contributed by atoms with Gasteiger partial charge in [-0.1, -0.05) is 12.1 Å². The monoisotopic (exact) mass is 559 g/mol. The highest BCUT2D eigenvalue weighted by Crippen LogP contribution is 2.24. The number of anilines is 1. The van der Waals surface area contributed by atoms with Crippen molar-refractivity contribution in [3.63, 3.8) is 0 Å². The predicted molar refractivity (Wildman–Crippen MR) is 123 cm³/mol. The highest BCUT2D eigenvalue weighted by Gasteiger charge is 2.31. The fourth-order valence-corrected chi connectivity index (χ4v) is 3.03. The van der Waals surface area contributed by atoms with Crippen LogP contribution in [0.5, 0.6) is 5.75 Å². The van der Waals surface area contributed by atoms with Crippen LogP contribution in [0.2, 0.25) is 0 Å². The summed E-state index contributed by atoms with van der Waals surface area (Å²) in [6.45, 7) is 3.05. The minimum atomic E-state index is -4.75. The van der Waals surface area contributed by atoms with Crippen LogP contribution < -0.4 is 20.3 Å². The van der Waals surface area contributed by atoms with Gasteiger partial charge in [-0.05, 0) is 24.6 Å². The van der Waals surface area contributed by atoms with E-state index in [0.717, 1.165) is 23.0 Å². The van der Waals surface area contributed by atoms with E-state index in [1.165, 1.54) is 23.5 Å². The van der Waals surface area contributed by atoms with Crippen LogP contribution in [0.1, 0.15) is 24.3 Å². The Morgan fingerprint density at radius 2 is 1.93 bits per heavy atom. The van der Waals surface area contributed by atoms with Gasteiger partial charge in [0.25, 0.3) is 0 Å². The third-order valence-electron chi connectivity index (χ3n) is 3.63. The predicted octanol–water partition coefficient (Wildman–Crippen LogP) is 3.51. The molecule has 1 aromatic heterocycles. The van der Waals surface area contributed by atoms with Crippen LogP contribution in [-0.4, -0.2) is 49.6 Å². The van der Waals surface area contributed by atoms with Crippen LogP contribution in [0.3, 0.4) is 0 Å². The van der Waals surface area contributed by atoms with Crippen molar-refractivity contribution in [2.45, 2.75) is 25.9 Å².